The second-order valence-corrected chi connectivity index (χ2v) is 7.14. The Morgan fingerprint density at radius 2 is 1.92 bits per heavy atom. The van der Waals surface area contributed by atoms with E-state index in [4.69, 9.17) is 4.55 Å². The first kappa shape index (κ1) is 17.8. The largest absolute Gasteiger partial charge is 0.418 e. The molecule has 3 saturated heterocycles. The Morgan fingerprint density at radius 3 is 2.56 bits per heavy atom. The molecule has 0 aliphatic carbocycles. The van der Waals surface area contributed by atoms with Crippen LogP contribution in [0.4, 0.5) is 4.79 Å². The van der Waals surface area contributed by atoms with E-state index in [9.17, 15) is 22.8 Å². The zero-order valence-corrected chi connectivity index (χ0v) is 14.0. The molecule has 13 heteroatoms. The number of hydrazine groups is 1. The third-order valence-electron chi connectivity index (χ3n) is 4.49. The molecule has 25 heavy (non-hydrogen) atoms. The van der Waals surface area contributed by atoms with Crippen molar-refractivity contribution in [1.29, 1.82) is 0 Å². The van der Waals surface area contributed by atoms with E-state index in [2.05, 4.69) is 20.5 Å². The Hall–Kier alpha value is -1.96. The maximum Gasteiger partial charge on any atom is 0.418 e. The molecule has 4 N–H and O–H groups in total. The Labute approximate surface area is 143 Å². The zero-order chi connectivity index (χ0) is 18.2. The highest BCUT2D eigenvalue weighted by atomic mass is 32.3. The minimum absolute atomic E-state index is 0.0879. The molecule has 3 heterocycles. The second-order valence-electron chi connectivity index (χ2n) is 6.14. The number of nitrogens with one attached hydrogen (secondary N) is 3. The lowest BCUT2D eigenvalue weighted by Gasteiger charge is -2.29. The standard InChI is InChI=1S/C12H19N5O7S/c18-10(8-2-1-5-13-8)14-15-11(19)9-4-3-7-6-16(9)12(20)17(7)24-25(21,22)23/h7-9,13H,1-6H2,(H,14,18)(H,15,19)(H,21,22,23)/t7-,8-,9?/m1/s1. The first-order chi connectivity index (χ1) is 11.8. The summed E-state index contributed by atoms with van der Waals surface area (Å²) in [6.07, 6.45) is 2.14. The number of carbonyl (C=O) groups is 3. The van der Waals surface area contributed by atoms with Crippen LogP contribution in [0.2, 0.25) is 0 Å². The molecule has 0 radical (unpaired) electrons. The summed E-state index contributed by atoms with van der Waals surface area (Å²) in [5, 5.41) is 3.55. The minimum atomic E-state index is -4.83. The molecular weight excluding hydrogens is 358 g/mol. The van der Waals surface area contributed by atoms with Gasteiger partial charge in [-0.25, -0.2) is 4.79 Å². The van der Waals surface area contributed by atoms with Crippen LogP contribution in [-0.2, 0) is 24.3 Å². The van der Waals surface area contributed by atoms with Crippen LogP contribution in [0.1, 0.15) is 25.7 Å². The Bertz CT molecular complexity index is 677. The van der Waals surface area contributed by atoms with E-state index in [1.807, 2.05) is 0 Å². The van der Waals surface area contributed by atoms with Crippen LogP contribution in [0.15, 0.2) is 0 Å². The number of hydrogen-bond acceptors (Lipinski definition) is 7. The van der Waals surface area contributed by atoms with Gasteiger partial charge < -0.3 is 10.2 Å². The summed E-state index contributed by atoms with van der Waals surface area (Å²) in [7, 11) is -4.83. The topological polar surface area (TPSA) is 157 Å². The molecule has 12 nitrogen and oxygen atoms in total. The van der Waals surface area contributed by atoms with E-state index >= 15 is 0 Å². The number of hydroxylamine groups is 2. The average molecular weight is 377 g/mol. The van der Waals surface area contributed by atoms with E-state index in [0.29, 0.717) is 17.9 Å². The van der Waals surface area contributed by atoms with Gasteiger partial charge in [-0.3, -0.25) is 25.0 Å². The molecule has 0 spiro atoms. The third kappa shape index (κ3) is 3.84. The number of rotatable bonds is 4. The van der Waals surface area contributed by atoms with Crippen LogP contribution < -0.4 is 16.2 Å². The molecule has 3 rings (SSSR count). The van der Waals surface area contributed by atoms with E-state index in [1.165, 1.54) is 0 Å². The molecule has 140 valence electrons. The molecule has 3 aliphatic heterocycles. The lowest BCUT2D eigenvalue weighted by Crippen LogP contribution is -2.56. The molecule has 1 unspecified atom stereocenters. The number of carbonyl (C=O) groups excluding carboxylic acids is 3. The van der Waals surface area contributed by atoms with Crippen LogP contribution in [0.5, 0.6) is 0 Å². The smallest absolute Gasteiger partial charge is 0.309 e. The number of urea groups is 1. The van der Waals surface area contributed by atoms with Crippen molar-refractivity contribution >= 4 is 28.2 Å². The Balaban J connectivity index is 1.57. The fraction of sp³-hybridized carbons (Fsp3) is 0.750. The predicted octanol–water partition coefficient (Wildman–Crippen LogP) is -2.11. The van der Waals surface area contributed by atoms with Gasteiger partial charge >= 0.3 is 16.4 Å². The van der Waals surface area contributed by atoms with Crippen molar-refractivity contribution in [3.63, 3.8) is 0 Å². The van der Waals surface area contributed by atoms with Crippen LogP contribution in [0.3, 0.4) is 0 Å². The van der Waals surface area contributed by atoms with Crippen LogP contribution in [-0.4, -0.2) is 72.0 Å². The fourth-order valence-electron chi connectivity index (χ4n) is 3.31. The van der Waals surface area contributed by atoms with E-state index < -0.39 is 34.4 Å². The first-order valence-electron chi connectivity index (χ1n) is 7.86. The number of fused-ring (bicyclic) bond motifs is 2. The van der Waals surface area contributed by atoms with Gasteiger partial charge in [0.05, 0.1) is 12.1 Å². The molecule has 3 aliphatic rings. The van der Waals surface area contributed by atoms with Gasteiger partial charge in [-0.1, -0.05) is 0 Å². The Kier molecular flexibility index (Phi) is 4.81. The van der Waals surface area contributed by atoms with Gasteiger partial charge in [-0.2, -0.15) is 13.5 Å². The van der Waals surface area contributed by atoms with Crippen LogP contribution >= 0.6 is 0 Å². The monoisotopic (exact) mass is 377 g/mol. The summed E-state index contributed by atoms with van der Waals surface area (Å²) in [4.78, 5) is 37.5. The summed E-state index contributed by atoms with van der Waals surface area (Å²) >= 11 is 0. The fourth-order valence-corrected chi connectivity index (χ4v) is 3.69. The summed E-state index contributed by atoms with van der Waals surface area (Å²) < 4.78 is 34.7. The molecule has 4 amide bonds. The van der Waals surface area contributed by atoms with Gasteiger partial charge in [0.15, 0.2) is 0 Å². The first-order valence-corrected chi connectivity index (χ1v) is 9.23. The average Bonchev–Trinajstić information content (AvgIpc) is 3.16. The van der Waals surface area contributed by atoms with Gasteiger partial charge in [0.1, 0.15) is 6.04 Å². The molecule has 2 bridgehead atoms. The van der Waals surface area contributed by atoms with E-state index in [0.717, 1.165) is 17.9 Å². The van der Waals surface area contributed by atoms with Crippen molar-refractivity contribution < 1.29 is 31.6 Å². The van der Waals surface area contributed by atoms with Gasteiger partial charge in [0, 0.05) is 6.54 Å². The maximum absolute atomic E-state index is 12.3. The Morgan fingerprint density at radius 1 is 1.20 bits per heavy atom. The highest BCUT2D eigenvalue weighted by Gasteiger charge is 2.49. The minimum Gasteiger partial charge on any atom is -0.309 e. The van der Waals surface area contributed by atoms with Crippen molar-refractivity contribution in [3.05, 3.63) is 0 Å². The number of piperidine rings is 1. The summed E-state index contributed by atoms with van der Waals surface area (Å²) in [6.45, 7) is 0.826. The predicted molar refractivity (Wildman–Crippen MR) is 80.7 cm³/mol. The van der Waals surface area contributed by atoms with Gasteiger partial charge in [-0.05, 0) is 32.2 Å². The molecule has 0 aromatic rings. The number of nitrogens with zero attached hydrogens (tertiary/aromatic N) is 2. The van der Waals surface area contributed by atoms with E-state index in [1.54, 1.807) is 0 Å². The third-order valence-corrected chi connectivity index (χ3v) is 4.83. The molecule has 0 saturated carbocycles. The van der Waals surface area contributed by atoms with Gasteiger partial charge in [0.2, 0.25) is 0 Å². The van der Waals surface area contributed by atoms with Crippen LogP contribution in [0, 0.1) is 0 Å². The lowest BCUT2D eigenvalue weighted by molar-refractivity contribution is -0.132. The normalized spacial score (nSPS) is 29.0. The van der Waals surface area contributed by atoms with Crippen molar-refractivity contribution in [2.24, 2.45) is 0 Å². The molecular formula is C12H19N5O7S. The van der Waals surface area contributed by atoms with Crippen molar-refractivity contribution in [2.45, 2.75) is 43.8 Å². The van der Waals surface area contributed by atoms with Crippen LogP contribution in [0.25, 0.3) is 0 Å². The van der Waals surface area contributed by atoms with Crippen molar-refractivity contribution in [1.82, 2.24) is 26.1 Å². The summed E-state index contributed by atoms with van der Waals surface area (Å²) in [5.74, 6) is -0.935. The molecule has 3 atom stereocenters. The molecule has 3 fully saturated rings. The molecule has 0 aromatic carbocycles. The summed E-state index contributed by atoms with van der Waals surface area (Å²) in [5.41, 5.74) is 4.62. The van der Waals surface area contributed by atoms with Gasteiger partial charge in [-0.15, -0.1) is 4.28 Å². The lowest BCUT2D eigenvalue weighted by atomic mass is 10.0. The maximum atomic E-state index is 12.3. The van der Waals surface area contributed by atoms with Gasteiger partial charge in [0.25, 0.3) is 11.8 Å². The molecule has 0 aromatic heterocycles. The number of amides is 4. The zero-order valence-electron chi connectivity index (χ0n) is 13.2. The summed E-state index contributed by atoms with van der Waals surface area (Å²) in [6, 6.07) is -2.63. The highest BCUT2D eigenvalue weighted by Crippen LogP contribution is 2.30. The van der Waals surface area contributed by atoms with E-state index in [-0.39, 0.29) is 24.9 Å². The number of hydrogen-bond donors (Lipinski definition) is 4. The highest BCUT2D eigenvalue weighted by molar-refractivity contribution is 7.80. The second kappa shape index (κ2) is 6.74. The van der Waals surface area contributed by atoms with Crippen molar-refractivity contribution in [3.8, 4) is 0 Å². The SMILES string of the molecule is O=C(NNC(=O)[C@H]1CCCN1)C1CC[C@@H]2CN1C(=O)N2OS(=O)(=O)O. The quantitative estimate of drug-likeness (QED) is 0.320. The van der Waals surface area contributed by atoms with Crippen molar-refractivity contribution in [2.75, 3.05) is 13.1 Å².